The number of nitrogens with zero attached hydrogens (tertiary/aromatic N) is 1. The van der Waals surface area contributed by atoms with Crippen molar-refractivity contribution in [2.24, 2.45) is 0 Å². The fourth-order valence-corrected chi connectivity index (χ4v) is 4.90. The third-order valence-electron chi connectivity index (χ3n) is 5.25. The molecule has 0 N–H and O–H groups in total. The van der Waals surface area contributed by atoms with Gasteiger partial charge in [0.1, 0.15) is 11.5 Å². The number of hydrogen-bond donors (Lipinski definition) is 0. The average Bonchev–Trinajstić information content (AvgIpc) is 3.46. The summed E-state index contributed by atoms with van der Waals surface area (Å²) in [5, 5.41) is 0.644. The van der Waals surface area contributed by atoms with E-state index < -0.39 is 9.84 Å². The summed E-state index contributed by atoms with van der Waals surface area (Å²) in [7, 11) is -3.54. The second-order valence-electron chi connectivity index (χ2n) is 7.51. The first-order chi connectivity index (χ1) is 14.3. The molecule has 30 heavy (non-hydrogen) atoms. The van der Waals surface area contributed by atoms with E-state index in [0.29, 0.717) is 5.02 Å². The smallest absolute Gasteiger partial charge is 0.290 e. The predicted molar refractivity (Wildman–Crippen MR) is 115 cm³/mol. The maximum atomic E-state index is 13.2. The van der Waals surface area contributed by atoms with E-state index in [4.69, 9.17) is 16.0 Å². The lowest BCUT2D eigenvalue weighted by Gasteiger charge is -2.29. The highest BCUT2D eigenvalue weighted by molar-refractivity contribution is 7.90. The van der Waals surface area contributed by atoms with Crippen LogP contribution < -0.4 is 0 Å². The van der Waals surface area contributed by atoms with Crippen LogP contribution in [0, 0.1) is 0 Å². The quantitative estimate of drug-likeness (QED) is 0.498. The van der Waals surface area contributed by atoms with Crippen LogP contribution in [0.5, 0.6) is 0 Å². The molecule has 0 radical (unpaired) electrons. The van der Waals surface area contributed by atoms with E-state index in [1.807, 2.05) is 36.1 Å². The Morgan fingerprint density at radius 3 is 2.37 bits per heavy atom. The number of furan rings is 1. The fraction of sp³-hybridized carbons (Fsp3) is 0.261. The van der Waals surface area contributed by atoms with Gasteiger partial charge in [-0.05, 0) is 61.7 Å². The SMILES string of the molecule is C[C@H](c1ccc(Cl)cc1)N(C(=O)c1ccc(CS(=O)(=O)c2ccccc2)o1)C1CC1. The molecule has 3 aromatic rings. The molecule has 0 aliphatic heterocycles. The Morgan fingerprint density at radius 1 is 1.07 bits per heavy atom. The molecule has 1 aliphatic carbocycles. The molecule has 1 aliphatic rings. The Hall–Kier alpha value is -2.57. The lowest BCUT2D eigenvalue weighted by atomic mass is 10.1. The summed E-state index contributed by atoms with van der Waals surface area (Å²) in [5.74, 6) is -0.123. The number of carbonyl (C=O) groups excluding carboxylic acids is 1. The maximum Gasteiger partial charge on any atom is 0.290 e. The van der Waals surface area contributed by atoms with E-state index in [9.17, 15) is 13.2 Å². The van der Waals surface area contributed by atoms with Crippen molar-refractivity contribution in [1.82, 2.24) is 4.90 Å². The molecule has 0 unspecified atom stereocenters. The Bertz CT molecular complexity index is 1140. The average molecular weight is 444 g/mol. The largest absolute Gasteiger partial charge is 0.455 e. The van der Waals surface area contributed by atoms with Gasteiger partial charge in [0.05, 0.1) is 10.9 Å². The van der Waals surface area contributed by atoms with Gasteiger partial charge in [0, 0.05) is 11.1 Å². The van der Waals surface area contributed by atoms with E-state index in [-0.39, 0.29) is 40.2 Å². The molecule has 156 valence electrons. The first-order valence-electron chi connectivity index (χ1n) is 9.80. The summed E-state index contributed by atoms with van der Waals surface area (Å²) >= 11 is 5.98. The summed E-state index contributed by atoms with van der Waals surface area (Å²) in [6.07, 6.45) is 1.89. The molecule has 1 atom stereocenters. The van der Waals surface area contributed by atoms with Crippen molar-refractivity contribution in [1.29, 1.82) is 0 Å². The van der Waals surface area contributed by atoms with Gasteiger partial charge in [0.25, 0.3) is 5.91 Å². The van der Waals surface area contributed by atoms with Gasteiger partial charge in [-0.2, -0.15) is 0 Å². The van der Waals surface area contributed by atoms with Gasteiger partial charge in [0.2, 0.25) is 0 Å². The van der Waals surface area contributed by atoms with Crippen LogP contribution in [-0.2, 0) is 15.6 Å². The zero-order valence-corrected chi connectivity index (χ0v) is 18.1. The monoisotopic (exact) mass is 443 g/mol. The standard InChI is InChI=1S/C23H22ClNO4S/c1-16(17-7-9-18(24)10-8-17)25(19-11-12-19)23(26)22-14-13-20(29-22)15-30(27,28)21-5-3-2-4-6-21/h2-10,13-14,16,19H,11-12,15H2,1H3/t16-/m1/s1. The Labute approximate surface area is 181 Å². The number of amides is 1. The minimum absolute atomic E-state index is 0.149. The lowest BCUT2D eigenvalue weighted by Crippen LogP contribution is -2.35. The van der Waals surface area contributed by atoms with Gasteiger partial charge in [-0.3, -0.25) is 4.79 Å². The van der Waals surface area contributed by atoms with E-state index >= 15 is 0 Å². The van der Waals surface area contributed by atoms with Gasteiger partial charge in [0.15, 0.2) is 15.6 Å². The molecule has 0 bridgehead atoms. The number of benzene rings is 2. The maximum absolute atomic E-state index is 13.2. The first kappa shape index (κ1) is 20.7. The highest BCUT2D eigenvalue weighted by Gasteiger charge is 2.38. The summed E-state index contributed by atoms with van der Waals surface area (Å²) in [5.41, 5.74) is 0.984. The molecule has 4 rings (SSSR count). The van der Waals surface area contributed by atoms with Gasteiger partial charge in [-0.15, -0.1) is 0 Å². The van der Waals surface area contributed by atoms with Crippen LogP contribution >= 0.6 is 11.6 Å². The molecule has 0 spiro atoms. The van der Waals surface area contributed by atoms with Crippen LogP contribution in [-0.4, -0.2) is 25.3 Å². The van der Waals surface area contributed by atoms with Gasteiger partial charge < -0.3 is 9.32 Å². The molecular weight excluding hydrogens is 422 g/mol. The van der Waals surface area contributed by atoms with Crippen LogP contribution in [0.1, 0.15) is 47.7 Å². The number of sulfone groups is 1. The molecule has 1 fully saturated rings. The van der Waals surface area contributed by atoms with Crippen molar-refractivity contribution < 1.29 is 17.6 Å². The van der Waals surface area contributed by atoms with E-state index in [0.717, 1.165) is 18.4 Å². The molecule has 1 heterocycles. The Morgan fingerprint density at radius 2 is 1.73 bits per heavy atom. The summed E-state index contributed by atoms with van der Waals surface area (Å²) in [4.78, 5) is 15.3. The summed E-state index contributed by atoms with van der Waals surface area (Å²) < 4.78 is 30.9. The van der Waals surface area contributed by atoms with Crippen molar-refractivity contribution in [2.45, 2.75) is 42.5 Å². The lowest BCUT2D eigenvalue weighted by molar-refractivity contribution is 0.0639. The minimum Gasteiger partial charge on any atom is -0.455 e. The van der Waals surface area contributed by atoms with Crippen molar-refractivity contribution in [3.8, 4) is 0 Å². The first-order valence-corrected chi connectivity index (χ1v) is 11.8. The van der Waals surface area contributed by atoms with Crippen LogP contribution in [0.3, 0.4) is 0 Å². The van der Waals surface area contributed by atoms with E-state index in [1.54, 1.807) is 42.5 Å². The number of carbonyl (C=O) groups is 1. The summed E-state index contributed by atoms with van der Waals surface area (Å²) in [6.45, 7) is 1.98. The van der Waals surface area contributed by atoms with Crippen molar-refractivity contribution >= 4 is 27.3 Å². The molecule has 1 aromatic heterocycles. The van der Waals surface area contributed by atoms with E-state index in [1.165, 1.54) is 0 Å². The zero-order chi connectivity index (χ0) is 21.3. The van der Waals surface area contributed by atoms with Crippen molar-refractivity contribution in [3.05, 3.63) is 88.8 Å². The molecule has 7 heteroatoms. The highest BCUT2D eigenvalue weighted by Crippen LogP contribution is 2.36. The van der Waals surface area contributed by atoms with Crippen LogP contribution in [0.2, 0.25) is 5.02 Å². The molecule has 1 amide bonds. The number of halogens is 1. The molecule has 0 saturated heterocycles. The molecular formula is C23H22ClNO4S. The van der Waals surface area contributed by atoms with Crippen molar-refractivity contribution in [2.75, 3.05) is 0 Å². The molecule has 1 saturated carbocycles. The second kappa shape index (κ2) is 8.28. The van der Waals surface area contributed by atoms with E-state index in [2.05, 4.69) is 0 Å². The second-order valence-corrected chi connectivity index (χ2v) is 9.94. The normalized spacial score (nSPS) is 15.0. The highest BCUT2D eigenvalue weighted by atomic mass is 35.5. The topological polar surface area (TPSA) is 67.6 Å². The van der Waals surface area contributed by atoms with Crippen molar-refractivity contribution in [3.63, 3.8) is 0 Å². The number of hydrogen-bond acceptors (Lipinski definition) is 4. The van der Waals surface area contributed by atoms with Crippen LogP contribution in [0.4, 0.5) is 0 Å². The van der Waals surface area contributed by atoms with Crippen LogP contribution in [0.15, 0.2) is 76.0 Å². The molecule has 5 nitrogen and oxygen atoms in total. The third-order valence-corrected chi connectivity index (χ3v) is 7.16. The number of rotatable bonds is 7. The van der Waals surface area contributed by atoms with Gasteiger partial charge in [-0.1, -0.05) is 41.9 Å². The predicted octanol–water partition coefficient (Wildman–Crippen LogP) is 5.27. The van der Waals surface area contributed by atoms with Gasteiger partial charge >= 0.3 is 0 Å². The third kappa shape index (κ3) is 4.45. The molecule has 2 aromatic carbocycles. The Balaban J connectivity index is 1.54. The fourth-order valence-electron chi connectivity index (χ4n) is 3.51. The van der Waals surface area contributed by atoms with Crippen LogP contribution in [0.25, 0.3) is 0 Å². The Kier molecular flexibility index (Phi) is 5.71. The van der Waals surface area contributed by atoms with Gasteiger partial charge in [-0.25, -0.2) is 8.42 Å². The minimum atomic E-state index is -3.54. The summed E-state index contributed by atoms with van der Waals surface area (Å²) in [6, 6.07) is 18.8. The zero-order valence-electron chi connectivity index (χ0n) is 16.5.